The summed E-state index contributed by atoms with van der Waals surface area (Å²) in [6, 6.07) is 11.8. The van der Waals surface area contributed by atoms with E-state index in [1.54, 1.807) is 0 Å². The number of benzene rings is 3. The summed E-state index contributed by atoms with van der Waals surface area (Å²) < 4.78 is 59.6. The largest absolute Gasteiger partial charge is 0.507 e. The molecule has 0 saturated carbocycles. The van der Waals surface area contributed by atoms with E-state index in [2.05, 4.69) is 9.46 Å². The lowest BCUT2D eigenvalue weighted by molar-refractivity contribution is 0.0597. The molecule has 0 amide bonds. The van der Waals surface area contributed by atoms with Crippen molar-refractivity contribution in [3.63, 3.8) is 0 Å². The first-order chi connectivity index (χ1) is 13.7. The molecule has 3 aromatic carbocycles. The first-order valence-corrected chi connectivity index (χ1v) is 9.69. The number of sulfonamides is 1. The molecule has 0 aliphatic carbocycles. The van der Waals surface area contributed by atoms with E-state index >= 15 is 0 Å². The molecule has 9 heteroatoms. The minimum absolute atomic E-state index is 0.00232. The van der Waals surface area contributed by atoms with E-state index < -0.39 is 33.4 Å². The van der Waals surface area contributed by atoms with Gasteiger partial charge in [0.05, 0.1) is 17.7 Å². The molecule has 3 aromatic rings. The first kappa shape index (κ1) is 20.3. The Kier molecular flexibility index (Phi) is 5.51. The van der Waals surface area contributed by atoms with Crippen LogP contribution in [-0.2, 0) is 14.8 Å². The fraction of sp³-hybridized carbons (Fsp3) is 0.0500. The fourth-order valence-corrected chi connectivity index (χ4v) is 3.74. The van der Waals surface area contributed by atoms with Crippen molar-refractivity contribution in [3.05, 3.63) is 77.9 Å². The highest BCUT2D eigenvalue weighted by Crippen LogP contribution is 2.28. The van der Waals surface area contributed by atoms with Gasteiger partial charge in [-0.1, -0.05) is 12.1 Å². The van der Waals surface area contributed by atoms with Gasteiger partial charge in [0.15, 0.2) is 0 Å². The van der Waals surface area contributed by atoms with Gasteiger partial charge in [0.25, 0.3) is 10.0 Å². The maximum Gasteiger partial charge on any atom is 0.341 e. The summed E-state index contributed by atoms with van der Waals surface area (Å²) in [5.74, 6) is -2.60. The topological polar surface area (TPSA) is 92.7 Å². The van der Waals surface area contributed by atoms with Crippen LogP contribution < -0.4 is 4.72 Å². The second-order valence-electron chi connectivity index (χ2n) is 5.98. The summed E-state index contributed by atoms with van der Waals surface area (Å²) in [5, 5.41) is 9.90. The number of carbonyl (C=O) groups is 1. The maximum atomic E-state index is 14.0. The van der Waals surface area contributed by atoms with Gasteiger partial charge in [0.1, 0.15) is 22.9 Å². The summed E-state index contributed by atoms with van der Waals surface area (Å²) in [5.41, 5.74) is -0.0348. The van der Waals surface area contributed by atoms with Crippen LogP contribution in [0.1, 0.15) is 10.4 Å². The number of phenolic OH excluding ortho intramolecular Hbond substituents is 1. The number of ether oxygens (including phenoxy) is 1. The van der Waals surface area contributed by atoms with E-state index in [-0.39, 0.29) is 27.3 Å². The molecule has 0 aliphatic rings. The average Bonchev–Trinajstić information content (AvgIpc) is 2.69. The van der Waals surface area contributed by atoms with Crippen molar-refractivity contribution >= 4 is 21.7 Å². The lowest BCUT2D eigenvalue weighted by Gasteiger charge is -2.11. The summed E-state index contributed by atoms with van der Waals surface area (Å²) in [4.78, 5) is 11.3. The van der Waals surface area contributed by atoms with Crippen LogP contribution in [-0.4, -0.2) is 26.6 Å². The zero-order valence-corrected chi connectivity index (χ0v) is 15.8. The molecule has 2 N–H and O–H groups in total. The Labute approximate surface area is 165 Å². The van der Waals surface area contributed by atoms with Crippen molar-refractivity contribution in [3.8, 4) is 16.9 Å². The van der Waals surface area contributed by atoms with Crippen LogP contribution in [0.25, 0.3) is 11.1 Å². The molecule has 29 heavy (non-hydrogen) atoms. The number of hydrogen-bond acceptors (Lipinski definition) is 5. The van der Waals surface area contributed by atoms with Gasteiger partial charge in [0, 0.05) is 11.6 Å². The third kappa shape index (κ3) is 4.35. The van der Waals surface area contributed by atoms with Gasteiger partial charge >= 0.3 is 5.97 Å². The molecule has 0 spiro atoms. The zero-order chi connectivity index (χ0) is 21.2. The van der Waals surface area contributed by atoms with E-state index in [1.807, 2.05) is 0 Å². The third-order valence-electron chi connectivity index (χ3n) is 4.04. The van der Waals surface area contributed by atoms with Gasteiger partial charge < -0.3 is 9.84 Å². The average molecular weight is 419 g/mol. The van der Waals surface area contributed by atoms with Crippen LogP contribution in [0, 0.1) is 11.6 Å². The predicted octanol–water partition coefficient (Wildman–Crippen LogP) is 3.92. The second-order valence-corrected chi connectivity index (χ2v) is 7.66. The quantitative estimate of drug-likeness (QED) is 0.612. The molecule has 150 valence electrons. The molecule has 0 saturated heterocycles. The Morgan fingerprint density at radius 3 is 2.48 bits per heavy atom. The molecule has 0 aliphatic heterocycles. The predicted molar refractivity (Wildman–Crippen MR) is 102 cm³/mol. The van der Waals surface area contributed by atoms with Crippen LogP contribution in [0.4, 0.5) is 14.5 Å². The van der Waals surface area contributed by atoms with E-state index in [9.17, 15) is 27.1 Å². The molecule has 0 atom stereocenters. The number of carbonyl (C=O) groups excluding carboxylic acids is 1. The van der Waals surface area contributed by atoms with Crippen molar-refractivity contribution in [2.45, 2.75) is 4.90 Å². The third-order valence-corrected chi connectivity index (χ3v) is 5.42. The normalized spacial score (nSPS) is 11.1. The number of halogens is 2. The molecule has 0 aromatic heterocycles. The highest BCUT2D eigenvalue weighted by molar-refractivity contribution is 7.92. The molecule has 0 unspecified atom stereocenters. The van der Waals surface area contributed by atoms with Gasteiger partial charge in [0.2, 0.25) is 0 Å². The molecule has 6 nitrogen and oxygen atoms in total. The van der Waals surface area contributed by atoms with E-state index in [1.165, 1.54) is 36.4 Å². The number of esters is 1. The number of hydrogen-bond donors (Lipinski definition) is 2. The first-order valence-electron chi connectivity index (χ1n) is 8.21. The summed E-state index contributed by atoms with van der Waals surface area (Å²) in [6.45, 7) is 0. The van der Waals surface area contributed by atoms with Gasteiger partial charge in [-0.05, 0) is 48.0 Å². The summed E-state index contributed by atoms with van der Waals surface area (Å²) >= 11 is 0. The van der Waals surface area contributed by atoms with Gasteiger partial charge in [-0.3, -0.25) is 4.72 Å². The molecular formula is C20H15F2NO5S. The Morgan fingerprint density at radius 2 is 1.79 bits per heavy atom. The minimum Gasteiger partial charge on any atom is -0.507 e. The van der Waals surface area contributed by atoms with Crippen LogP contribution in [0.15, 0.2) is 65.6 Å². The van der Waals surface area contributed by atoms with Crippen LogP contribution in [0.5, 0.6) is 5.75 Å². The van der Waals surface area contributed by atoms with Gasteiger partial charge in [-0.25, -0.2) is 22.0 Å². The van der Waals surface area contributed by atoms with E-state index in [0.29, 0.717) is 0 Å². The SMILES string of the molecule is COC(=O)c1ccc(NS(=O)(=O)c2cccc(-c3cc(F)ccc3F)c2)cc1O. The van der Waals surface area contributed by atoms with E-state index in [4.69, 9.17) is 0 Å². The Hall–Kier alpha value is -3.46. The van der Waals surface area contributed by atoms with Crippen molar-refractivity contribution in [2.75, 3.05) is 11.8 Å². The lowest BCUT2D eigenvalue weighted by Crippen LogP contribution is -2.13. The minimum atomic E-state index is -4.12. The number of phenols is 1. The molecule has 3 rings (SSSR count). The van der Waals surface area contributed by atoms with Crippen LogP contribution in [0.3, 0.4) is 0 Å². The maximum absolute atomic E-state index is 14.0. The Bertz CT molecular complexity index is 1200. The highest BCUT2D eigenvalue weighted by atomic mass is 32.2. The van der Waals surface area contributed by atoms with E-state index in [0.717, 1.165) is 31.4 Å². The Balaban J connectivity index is 1.93. The standard InChI is InChI=1S/C20H15F2NO5S/c1-28-20(25)16-7-6-14(11-19(16)24)23-29(26,27)15-4-2-3-12(9-15)17-10-13(21)5-8-18(17)22/h2-11,23-24H,1H3. The van der Waals surface area contributed by atoms with Crippen molar-refractivity contribution in [1.29, 1.82) is 0 Å². The molecule has 0 bridgehead atoms. The van der Waals surface area contributed by atoms with Crippen LogP contribution >= 0.6 is 0 Å². The van der Waals surface area contributed by atoms with Crippen LogP contribution in [0.2, 0.25) is 0 Å². The monoisotopic (exact) mass is 419 g/mol. The van der Waals surface area contributed by atoms with Gasteiger partial charge in [-0.15, -0.1) is 0 Å². The summed E-state index contributed by atoms with van der Waals surface area (Å²) in [7, 11) is -2.97. The Morgan fingerprint density at radius 1 is 1.03 bits per heavy atom. The number of nitrogens with one attached hydrogen (secondary N) is 1. The number of methoxy groups -OCH3 is 1. The van der Waals surface area contributed by atoms with Crippen molar-refractivity contribution < 1.29 is 31.8 Å². The molecule has 0 fully saturated rings. The van der Waals surface area contributed by atoms with Crippen molar-refractivity contribution in [2.24, 2.45) is 0 Å². The summed E-state index contributed by atoms with van der Waals surface area (Å²) in [6.07, 6.45) is 0. The second kappa shape index (κ2) is 7.88. The highest BCUT2D eigenvalue weighted by Gasteiger charge is 2.18. The van der Waals surface area contributed by atoms with Gasteiger partial charge in [-0.2, -0.15) is 0 Å². The zero-order valence-electron chi connectivity index (χ0n) is 15.0. The fourth-order valence-electron chi connectivity index (χ4n) is 2.64. The number of anilines is 1. The molecule has 0 heterocycles. The number of aromatic hydroxyl groups is 1. The smallest absolute Gasteiger partial charge is 0.341 e. The lowest BCUT2D eigenvalue weighted by atomic mass is 10.1. The number of rotatable bonds is 5. The molecular weight excluding hydrogens is 404 g/mol. The van der Waals surface area contributed by atoms with Crippen molar-refractivity contribution in [1.82, 2.24) is 0 Å². The molecule has 0 radical (unpaired) electrons.